The number of likely N-dealkylation sites (N-methyl/N-ethyl adjacent to an activating group) is 1. The molecule has 2 heterocycles. The van der Waals surface area contributed by atoms with Gasteiger partial charge in [0.1, 0.15) is 23.0 Å². The Morgan fingerprint density at radius 2 is 2.24 bits per heavy atom. The summed E-state index contributed by atoms with van der Waals surface area (Å²) >= 11 is 0. The number of benzene rings is 1. The molecule has 1 aliphatic rings. The molecule has 33 heavy (non-hydrogen) atoms. The summed E-state index contributed by atoms with van der Waals surface area (Å²) in [6.07, 6.45) is 3.81. The average molecular weight is 455 g/mol. The molecule has 0 atom stereocenters. The molecule has 0 saturated carbocycles. The molecule has 8 nitrogen and oxygen atoms in total. The molecule has 176 valence electrons. The summed E-state index contributed by atoms with van der Waals surface area (Å²) in [4.78, 5) is 16.8. The van der Waals surface area contributed by atoms with E-state index in [0.29, 0.717) is 34.9 Å². The minimum atomic E-state index is -0.430. The first-order chi connectivity index (χ1) is 15.8. The molecule has 2 aromatic rings. The van der Waals surface area contributed by atoms with Crippen LogP contribution in [0.5, 0.6) is 5.75 Å². The third kappa shape index (κ3) is 5.87. The highest BCUT2D eigenvalue weighted by Gasteiger charge is 2.22. The van der Waals surface area contributed by atoms with Gasteiger partial charge in [-0.1, -0.05) is 13.0 Å². The predicted molar refractivity (Wildman–Crippen MR) is 128 cm³/mol. The monoisotopic (exact) mass is 454 g/mol. The number of hydrazine groups is 1. The number of rotatable bonds is 9. The molecule has 1 amide bonds. The second-order valence-electron chi connectivity index (χ2n) is 7.93. The number of carbonyl (C=O) groups excluding carboxylic acids is 1. The number of aromatic nitrogens is 2. The maximum atomic E-state index is 14.1. The van der Waals surface area contributed by atoms with E-state index < -0.39 is 5.82 Å². The molecule has 0 aliphatic carbocycles. The number of carbonyl (C=O) groups is 1. The predicted octanol–water partition coefficient (Wildman–Crippen LogP) is 3.37. The van der Waals surface area contributed by atoms with Gasteiger partial charge in [0.2, 0.25) is 0 Å². The van der Waals surface area contributed by atoms with Gasteiger partial charge in [-0.05, 0) is 45.2 Å². The minimum absolute atomic E-state index is 0.190. The summed E-state index contributed by atoms with van der Waals surface area (Å²) in [6.45, 7) is 11.7. The Labute approximate surface area is 193 Å². The van der Waals surface area contributed by atoms with E-state index in [-0.39, 0.29) is 12.0 Å². The standard InChI is InChI=1S/C24H31FN6O2/c1-6-7-8-22(32)30(5)29-23(19-10-9-17(25)13-21(19)33-16(2)3)24(26-4)20-14-18-15-27-11-12-31(18)28-20/h7-10,13-14,16,27,29H,4,6,11-12,15H2,1-3,5H3/b8-7-,24-23-. The molecule has 0 saturated heterocycles. The molecule has 1 aliphatic heterocycles. The van der Waals surface area contributed by atoms with Crippen molar-refractivity contribution in [3.8, 4) is 5.75 Å². The smallest absolute Gasteiger partial charge is 0.264 e. The second kappa shape index (κ2) is 10.9. The van der Waals surface area contributed by atoms with Gasteiger partial charge in [-0.2, -0.15) is 5.10 Å². The van der Waals surface area contributed by atoms with Gasteiger partial charge < -0.3 is 10.1 Å². The number of amides is 1. The lowest BCUT2D eigenvalue weighted by atomic mass is 10.1. The van der Waals surface area contributed by atoms with Crippen LogP contribution in [0.2, 0.25) is 0 Å². The number of ether oxygens (including phenoxy) is 1. The zero-order valence-corrected chi connectivity index (χ0v) is 19.6. The van der Waals surface area contributed by atoms with Gasteiger partial charge >= 0.3 is 0 Å². The Bertz CT molecular complexity index is 1050. The fourth-order valence-electron chi connectivity index (χ4n) is 3.44. The summed E-state index contributed by atoms with van der Waals surface area (Å²) in [7, 11) is 1.61. The quantitative estimate of drug-likeness (QED) is 0.345. The van der Waals surface area contributed by atoms with Crippen LogP contribution in [0.25, 0.3) is 11.4 Å². The van der Waals surface area contributed by atoms with E-state index in [0.717, 1.165) is 25.2 Å². The van der Waals surface area contributed by atoms with Crippen LogP contribution in [0.3, 0.4) is 0 Å². The summed E-state index contributed by atoms with van der Waals surface area (Å²) in [5.74, 6) is -0.357. The highest BCUT2D eigenvalue weighted by molar-refractivity contribution is 5.93. The number of halogens is 1. The lowest BCUT2D eigenvalue weighted by Gasteiger charge is -2.24. The molecule has 0 radical (unpaired) electrons. The summed E-state index contributed by atoms with van der Waals surface area (Å²) in [5, 5.41) is 9.35. The van der Waals surface area contributed by atoms with E-state index in [2.05, 4.69) is 22.5 Å². The number of hydrogen-bond donors (Lipinski definition) is 2. The van der Waals surface area contributed by atoms with Crippen molar-refractivity contribution in [1.82, 2.24) is 25.5 Å². The average Bonchev–Trinajstić information content (AvgIpc) is 3.20. The SMILES string of the molecule is C=N/C(=C(\NN(C)C(=O)/C=C\CC)c1ccc(F)cc1OC(C)C)c1cc2n(n1)CCNC2. The van der Waals surface area contributed by atoms with Crippen molar-refractivity contribution in [1.29, 1.82) is 0 Å². The van der Waals surface area contributed by atoms with Crippen molar-refractivity contribution in [2.24, 2.45) is 4.99 Å². The fraction of sp³-hybridized carbons (Fsp3) is 0.375. The summed E-state index contributed by atoms with van der Waals surface area (Å²) in [5.41, 5.74) is 6.13. The van der Waals surface area contributed by atoms with Gasteiger partial charge in [-0.25, -0.2) is 4.39 Å². The molecule has 0 fully saturated rings. The van der Waals surface area contributed by atoms with Gasteiger partial charge in [0, 0.05) is 37.8 Å². The van der Waals surface area contributed by atoms with Gasteiger partial charge in [-0.15, -0.1) is 0 Å². The minimum Gasteiger partial charge on any atom is -0.490 e. The Kier molecular flexibility index (Phi) is 8.00. The first-order valence-corrected chi connectivity index (χ1v) is 11.0. The molecule has 0 spiro atoms. The molecule has 1 aromatic carbocycles. The molecular formula is C24H31FN6O2. The van der Waals surface area contributed by atoms with Gasteiger partial charge in [0.15, 0.2) is 0 Å². The Hall–Kier alpha value is -3.46. The van der Waals surface area contributed by atoms with Gasteiger partial charge in [0.25, 0.3) is 5.91 Å². The van der Waals surface area contributed by atoms with Crippen LogP contribution in [-0.4, -0.2) is 47.1 Å². The lowest BCUT2D eigenvalue weighted by molar-refractivity contribution is -0.126. The Balaban J connectivity index is 2.16. The molecule has 0 bridgehead atoms. The number of nitrogens with zero attached hydrogens (tertiary/aromatic N) is 4. The molecule has 3 rings (SSSR count). The fourth-order valence-corrected chi connectivity index (χ4v) is 3.44. The highest BCUT2D eigenvalue weighted by Crippen LogP contribution is 2.33. The van der Waals surface area contributed by atoms with Crippen molar-refractivity contribution in [2.75, 3.05) is 13.6 Å². The van der Waals surface area contributed by atoms with Crippen molar-refractivity contribution in [2.45, 2.75) is 46.4 Å². The first-order valence-electron chi connectivity index (χ1n) is 11.0. The number of fused-ring (bicyclic) bond motifs is 1. The highest BCUT2D eigenvalue weighted by atomic mass is 19.1. The topological polar surface area (TPSA) is 83.8 Å². The zero-order chi connectivity index (χ0) is 24.0. The van der Waals surface area contributed by atoms with E-state index in [1.54, 1.807) is 19.2 Å². The van der Waals surface area contributed by atoms with Crippen LogP contribution >= 0.6 is 0 Å². The number of aliphatic imine (C=N–C) groups is 1. The van der Waals surface area contributed by atoms with Gasteiger partial charge in [-0.3, -0.25) is 24.9 Å². The van der Waals surface area contributed by atoms with Crippen molar-refractivity contribution >= 4 is 24.0 Å². The van der Waals surface area contributed by atoms with Crippen LogP contribution in [0.1, 0.15) is 44.1 Å². The summed E-state index contributed by atoms with van der Waals surface area (Å²) in [6, 6.07) is 6.19. The van der Waals surface area contributed by atoms with E-state index >= 15 is 0 Å². The second-order valence-corrected chi connectivity index (χ2v) is 7.93. The Morgan fingerprint density at radius 3 is 2.91 bits per heavy atom. The Morgan fingerprint density at radius 1 is 1.45 bits per heavy atom. The van der Waals surface area contributed by atoms with E-state index in [1.165, 1.54) is 23.2 Å². The third-order valence-electron chi connectivity index (χ3n) is 4.99. The molecule has 9 heteroatoms. The maximum absolute atomic E-state index is 14.1. The molecule has 0 unspecified atom stereocenters. The third-order valence-corrected chi connectivity index (χ3v) is 4.99. The molecule has 1 aromatic heterocycles. The molecular weight excluding hydrogens is 423 g/mol. The van der Waals surface area contributed by atoms with E-state index in [1.807, 2.05) is 31.5 Å². The lowest BCUT2D eigenvalue weighted by Crippen LogP contribution is -2.38. The number of nitrogens with one attached hydrogen (secondary N) is 2. The van der Waals surface area contributed by atoms with Gasteiger partial charge in [0.05, 0.1) is 24.0 Å². The first kappa shape index (κ1) is 24.2. The van der Waals surface area contributed by atoms with Crippen LogP contribution in [0.4, 0.5) is 4.39 Å². The van der Waals surface area contributed by atoms with Crippen LogP contribution in [-0.2, 0) is 17.9 Å². The summed E-state index contributed by atoms with van der Waals surface area (Å²) < 4.78 is 21.9. The normalized spacial score (nSPS) is 14.1. The number of hydrogen-bond acceptors (Lipinski definition) is 6. The zero-order valence-electron chi connectivity index (χ0n) is 19.6. The van der Waals surface area contributed by atoms with Crippen LogP contribution in [0.15, 0.2) is 41.4 Å². The van der Waals surface area contributed by atoms with Crippen LogP contribution < -0.4 is 15.5 Å². The maximum Gasteiger partial charge on any atom is 0.264 e. The molecule has 2 N–H and O–H groups in total. The van der Waals surface area contributed by atoms with Crippen molar-refractivity contribution < 1.29 is 13.9 Å². The largest absolute Gasteiger partial charge is 0.490 e. The van der Waals surface area contributed by atoms with E-state index in [4.69, 9.17) is 9.84 Å². The van der Waals surface area contributed by atoms with E-state index in [9.17, 15) is 9.18 Å². The van der Waals surface area contributed by atoms with Crippen molar-refractivity contribution in [3.05, 3.63) is 59.2 Å². The number of allylic oxidation sites excluding steroid dienone is 1. The van der Waals surface area contributed by atoms with Crippen molar-refractivity contribution in [3.63, 3.8) is 0 Å². The van der Waals surface area contributed by atoms with Crippen LogP contribution in [0, 0.1) is 5.82 Å².